The number of nitrogens with zero attached hydrogens (tertiary/aromatic N) is 7. The normalized spacial score (nSPS) is 11.0. The fourth-order valence-electron chi connectivity index (χ4n) is 2.80. The Bertz CT molecular complexity index is 1030. The number of hydrogen-bond donors (Lipinski definition) is 1. The molecule has 4 aromatic rings. The third-order valence-corrected chi connectivity index (χ3v) is 4.25. The van der Waals surface area contributed by atoms with E-state index < -0.39 is 0 Å². The van der Waals surface area contributed by atoms with Crippen molar-refractivity contribution in [1.82, 2.24) is 30.1 Å². The number of aryl methyl sites for hydroxylation is 1. The van der Waals surface area contributed by atoms with Gasteiger partial charge in [-0.25, -0.2) is 14.6 Å². The fourth-order valence-corrected chi connectivity index (χ4v) is 2.80. The number of nitrogens with one attached hydrogen (secondary N) is 1. The maximum atomic E-state index is 4.77. The molecule has 0 aliphatic heterocycles. The summed E-state index contributed by atoms with van der Waals surface area (Å²) in [5.74, 6) is 1.36. The van der Waals surface area contributed by atoms with Gasteiger partial charge in [0.05, 0.1) is 6.20 Å². The molecule has 0 radical (unpaired) electrons. The fraction of sp³-hybridized carbons (Fsp3) is 0.278. The minimum absolute atomic E-state index is 0.384. The van der Waals surface area contributed by atoms with Crippen LogP contribution in [0.25, 0.3) is 11.3 Å². The summed E-state index contributed by atoms with van der Waals surface area (Å²) in [6, 6.07) is 10.1. The molecule has 0 atom stereocenters. The molecular weight excluding hydrogens is 344 g/mol. The third-order valence-electron chi connectivity index (χ3n) is 4.25. The number of rotatable bonds is 7. The largest absolute Gasteiger partial charge is 0.363 e. The van der Waals surface area contributed by atoms with E-state index in [0.29, 0.717) is 29.5 Å². The predicted molar refractivity (Wildman–Crippen MR) is 101 cm³/mol. The highest BCUT2D eigenvalue weighted by Crippen LogP contribution is 2.23. The summed E-state index contributed by atoms with van der Waals surface area (Å²) < 4.78 is 6.57. The SMILES string of the molecule is CN(CCc1cnn(C)c1)c1nc2nonc2nc1NCc1ccccc1. The van der Waals surface area contributed by atoms with Crippen molar-refractivity contribution >= 4 is 22.9 Å². The van der Waals surface area contributed by atoms with Crippen LogP contribution in [0.2, 0.25) is 0 Å². The van der Waals surface area contributed by atoms with Crippen LogP contribution >= 0.6 is 0 Å². The molecule has 27 heavy (non-hydrogen) atoms. The van der Waals surface area contributed by atoms with E-state index in [1.807, 2.05) is 49.6 Å². The smallest absolute Gasteiger partial charge is 0.245 e. The van der Waals surface area contributed by atoms with Gasteiger partial charge in [-0.2, -0.15) is 5.10 Å². The van der Waals surface area contributed by atoms with Crippen LogP contribution in [0.3, 0.4) is 0 Å². The van der Waals surface area contributed by atoms with E-state index in [4.69, 9.17) is 4.63 Å². The summed E-state index contributed by atoms with van der Waals surface area (Å²) >= 11 is 0. The van der Waals surface area contributed by atoms with Crippen LogP contribution in [-0.2, 0) is 20.0 Å². The standard InChI is InChI=1S/C18H20N8O/c1-25(9-8-14-11-20-26(2)12-14)18-17(19-10-13-6-4-3-5-7-13)21-15-16(22-18)24-27-23-15/h3-7,11-12H,8-10H2,1-2H3,(H,19,21,23). The zero-order chi connectivity index (χ0) is 18.6. The van der Waals surface area contributed by atoms with Crippen LogP contribution in [0.5, 0.6) is 0 Å². The summed E-state index contributed by atoms with van der Waals surface area (Å²) in [7, 11) is 3.89. The van der Waals surface area contributed by atoms with Gasteiger partial charge in [0.15, 0.2) is 11.6 Å². The quantitative estimate of drug-likeness (QED) is 0.532. The topological polar surface area (TPSA) is 97.8 Å². The van der Waals surface area contributed by atoms with Crippen LogP contribution in [0.15, 0.2) is 47.4 Å². The van der Waals surface area contributed by atoms with Gasteiger partial charge in [0.25, 0.3) is 0 Å². The van der Waals surface area contributed by atoms with Gasteiger partial charge in [0.1, 0.15) is 0 Å². The van der Waals surface area contributed by atoms with E-state index >= 15 is 0 Å². The van der Waals surface area contributed by atoms with Crippen LogP contribution in [0.4, 0.5) is 11.6 Å². The predicted octanol–water partition coefficient (Wildman–Crippen LogP) is 2.04. The first-order chi connectivity index (χ1) is 13.2. The van der Waals surface area contributed by atoms with Gasteiger partial charge in [-0.15, -0.1) is 0 Å². The van der Waals surface area contributed by atoms with E-state index in [2.05, 4.69) is 42.8 Å². The Labute approximate surface area is 156 Å². The number of benzene rings is 1. The van der Waals surface area contributed by atoms with Crippen molar-refractivity contribution in [1.29, 1.82) is 0 Å². The average Bonchev–Trinajstić information content (AvgIpc) is 3.32. The molecule has 0 spiro atoms. The second-order valence-electron chi connectivity index (χ2n) is 6.34. The first-order valence-electron chi connectivity index (χ1n) is 8.66. The summed E-state index contributed by atoms with van der Waals surface area (Å²) in [6.07, 6.45) is 4.73. The van der Waals surface area contributed by atoms with Crippen molar-refractivity contribution in [2.45, 2.75) is 13.0 Å². The van der Waals surface area contributed by atoms with Gasteiger partial charge in [-0.1, -0.05) is 30.3 Å². The third kappa shape index (κ3) is 3.86. The van der Waals surface area contributed by atoms with Crippen molar-refractivity contribution in [3.05, 3.63) is 53.9 Å². The summed E-state index contributed by atoms with van der Waals surface area (Å²) in [5.41, 5.74) is 3.10. The highest BCUT2D eigenvalue weighted by atomic mass is 16.6. The Kier molecular flexibility index (Phi) is 4.65. The second kappa shape index (κ2) is 7.40. The maximum absolute atomic E-state index is 4.77. The van der Waals surface area contributed by atoms with Crippen molar-refractivity contribution in [3.63, 3.8) is 0 Å². The molecule has 0 unspecified atom stereocenters. The molecule has 4 rings (SSSR count). The lowest BCUT2D eigenvalue weighted by molar-refractivity contribution is 0.314. The molecule has 1 aromatic carbocycles. The molecule has 0 aliphatic rings. The molecule has 0 saturated carbocycles. The van der Waals surface area contributed by atoms with Crippen LogP contribution in [0, 0.1) is 0 Å². The number of likely N-dealkylation sites (N-methyl/N-ethyl adjacent to an activating group) is 1. The second-order valence-corrected chi connectivity index (χ2v) is 6.34. The van der Waals surface area contributed by atoms with Crippen LogP contribution in [0.1, 0.15) is 11.1 Å². The Balaban J connectivity index is 1.55. The van der Waals surface area contributed by atoms with Gasteiger partial charge in [0, 0.05) is 33.4 Å². The number of hydrogen-bond acceptors (Lipinski definition) is 8. The van der Waals surface area contributed by atoms with Crippen LogP contribution in [-0.4, -0.2) is 43.7 Å². The van der Waals surface area contributed by atoms with Gasteiger partial charge >= 0.3 is 0 Å². The molecule has 9 nitrogen and oxygen atoms in total. The van der Waals surface area contributed by atoms with E-state index in [0.717, 1.165) is 18.5 Å². The zero-order valence-corrected chi connectivity index (χ0v) is 15.2. The van der Waals surface area contributed by atoms with Gasteiger partial charge in [-0.3, -0.25) is 4.68 Å². The first-order valence-corrected chi connectivity index (χ1v) is 8.66. The van der Waals surface area contributed by atoms with Gasteiger partial charge < -0.3 is 10.2 Å². The molecular formula is C18H20N8O. The Morgan fingerprint density at radius 3 is 2.59 bits per heavy atom. The average molecular weight is 364 g/mol. The van der Waals surface area contributed by atoms with E-state index in [1.54, 1.807) is 4.68 Å². The van der Waals surface area contributed by atoms with E-state index in [-0.39, 0.29) is 0 Å². The Morgan fingerprint density at radius 1 is 1.07 bits per heavy atom. The summed E-state index contributed by atoms with van der Waals surface area (Å²) in [4.78, 5) is 11.2. The molecule has 138 valence electrons. The van der Waals surface area contributed by atoms with Crippen molar-refractivity contribution in [2.75, 3.05) is 23.8 Å². The van der Waals surface area contributed by atoms with Crippen molar-refractivity contribution < 1.29 is 4.63 Å². The summed E-state index contributed by atoms with van der Waals surface area (Å²) in [6.45, 7) is 1.40. The van der Waals surface area contributed by atoms with Crippen molar-refractivity contribution in [3.8, 4) is 0 Å². The number of anilines is 2. The molecule has 0 saturated heterocycles. The molecule has 0 aliphatic carbocycles. The lowest BCUT2D eigenvalue weighted by Crippen LogP contribution is -2.23. The Hall–Kier alpha value is -3.49. The first kappa shape index (κ1) is 17.0. The molecule has 0 fully saturated rings. The highest BCUT2D eigenvalue weighted by molar-refractivity contribution is 5.73. The molecule has 1 N–H and O–H groups in total. The zero-order valence-electron chi connectivity index (χ0n) is 15.2. The van der Waals surface area contributed by atoms with Crippen LogP contribution < -0.4 is 10.2 Å². The molecule has 0 amide bonds. The lowest BCUT2D eigenvalue weighted by atomic mass is 10.2. The minimum atomic E-state index is 0.384. The maximum Gasteiger partial charge on any atom is 0.245 e. The van der Waals surface area contributed by atoms with Gasteiger partial charge in [0.2, 0.25) is 11.3 Å². The summed E-state index contributed by atoms with van der Waals surface area (Å²) in [5, 5.41) is 15.2. The number of aromatic nitrogens is 6. The monoisotopic (exact) mass is 364 g/mol. The molecule has 9 heteroatoms. The van der Waals surface area contributed by atoms with Gasteiger partial charge in [-0.05, 0) is 27.9 Å². The number of fused-ring (bicyclic) bond motifs is 1. The lowest BCUT2D eigenvalue weighted by Gasteiger charge is -2.20. The molecule has 0 bridgehead atoms. The molecule has 3 heterocycles. The highest BCUT2D eigenvalue weighted by Gasteiger charge is 2.16. The van der Waals surface area contributed by atoms with E-state index in [9.17, 15) is 0 Å². The van der Waals surface area contributed by atoms with E-state index in [1.165, 1.54) is 5.56 Å². The van der Waals surface area contributed by atoms with Crippen molar-refractivity contribution in [2.24, 2.45) is 7.05 Å². The molecule has 3 aromatic heterocycles. The Morgan fingerprint density at radius 2 is 1.85 bits per heavy atom. The minimum Gasteiger partial charge on any atom is -0.363 e.